The summed E-state index contributed by atoms with van der Waals surface area (Å²) in [5.41, 5.74) is -0.246. The van der Waals surface area contributed by atoms with Crippen LogP contribution in [0, 0.1) is 10.1 Å². The van der Waals surface area contributed by atoms with E-state index < -0.39 is 38.1 Å². The Morgan fingerprint density at radius 1 is 1.11 bits per heavy atom. The number of aliphatic hydroxyl groups excluding tert-OH is 1. The lowest BCUT2D eigenvalue weighted by atomic mass is 10.0. The van der Waals surface area contributed by atoms with Gasteiger partial charge in [0.05, 0.1) is 16.9 Å². The van der Waals surface area contributed by atoms with E-state index in [2.05, 4.69) is 4.18 Å². The number of methoxy groups -OCH3 is 1. The maximum Gasteiger partial charge on any atom is 0.337 e. The van der Waals surface area contributed by atoms with E-state index in [0.717, 1.165) is 24.3 Å². The Morgan fingerprint density at radius 2 is 1.67 bits per heavy atom. The molecule has 0 fully saturated rings. The van der Waals surface area contributed by atoms with E-state index in [-0.39, 0.29) is 11.3 Å². The van der Waals surface area contributed by atoms with E-state index in [1.807, 2.05) is 0 Å². The van der Waals surface area contributed by atoms with E-state index in [1.54, 1.807) is 0 Å². The molecule has 0 saturated carbocycles. The molecule has 10 nitrogen and oxygen atoms in total. The Morgan fingerprint density at radius 3 is 2.11 bits per heavy atom. The second-order valence-electron chi connectivity index (χ2n) is 5.28. The van der Waals surface area contributed by atoms with Gasteiger partial charge < -0.3 is 14.9 Å². The van der Waals surface area contributed by atoms with Crippen LogP contribution in [0.5, 0.6) is 5.75 Å². The van der Waals surface area contributed by atoms with Gasteiger partial charge in [0.15, 0.2) is 0 Å². The van der Waals surface area contributed by atoms with Gasteiger partial charge in [-0.25, -0.2) is 8.98 Å². The normalized spacial score (nSPS) is 13.6. The van der Waals surface area contributed by atoms with Crippen molar-refractivity contribution in [3.05, 3.63) is 64.2 Å². The zero-order valence-electron chi connectivity index (χ0n) is 13.9. The van der Waals surface area contributed by atoms with Crippen LogP contribution in [0.2, 0.25) is 0 Å². The summed E-state index contributed by atoms with van der Waals surface area (Å²) >= 11 is 0. The molecule has 0 aromatic heterocycles. The molecule has 2 aromatic carbocycles. The molecule has 0 unspecified atom stereocenters. The Bertz CT molecular complexity index is 923. The number of hydrogen-bond donors (Lipinski definition) is 2. The van der Waals surface area contributed by atoms with E-state index in [1.165, 1.54) is 31.4 Å². The maximum atomic E-state index is 12.3. The standard InChI is InChI=1S/C16H15NO9S/c1-25-12-6-2-10(3-7-12)14(18)15(16(19)20)26-27(23,24)13-8-4-11(5-9-13)17(21)22/h2-9,14-15,18H,1H3,(H,19,20)/t14-,15+/m1/s1. The van der Waals surface area contributed by atoms with Crippen LogP contribution in [-0.2, 0) is 19.1 Å². The van der Waals surface area contributed by atoms with Crippen molar-refractivity contribution in [1.82, 2.24) is 0 Å². The van der Waals surface area contributed by atoms with Crippen molar-refractivity contribution in [3.63, 3.8) is 0 Å². The molecule has 0 aliphatic rings. The van der Waals surface area contributed by atoms with E-state index in [4.69, 9.17) is 4.74 Å². The second-order valence-corrected chi connectivity index (χ2v) is 6.85. The van der Waals surface area contributed by atoms with Crippen molar-refractivity contribution in [1.29, 1.82) is 0 Å². The minimum Gasteiger partial charge on any atom is -0.497 e. The Hall–Kier alpha value is -3.02. The molecule has 2 N–H and O–H groups in total. The monoisotopic (exact) mass is 397 g/mol. The molecule has 0 amide bonds. The predicted molar refractivity (Wildman–Crippen MR) is 90.7 cm³/mol. The third-order valence-corrected chi connectivity index (χ3v) is 4.86. The minimum absolute atomic E-state index is 0.0992. The van der Waals surface area contributed by atoms with Gasteiger partial charge in [0, 0.05) is 12.1 Å². The highest BCUT2D eigenvalue weighted by molar-refractivity contribution is 7.86. The molecule has 0 radical (unpaired) electrons. The lowest BCUT2D eigenvalue weighted by Crippen LogP contribution is -2.33. The summed E-state index contributed by atoms with van der Waals surface area (Å²) in [6.07, 6.45) is -3.92. The fraction of sp³-hybridized carbons (Fsp3) is 0.188. The Kier molecular flexibility index (Phi) is 6.10. The molecule has 2 atom stereocenters. The summed E-state index contributed by atoms with van der Waals surface area (Å²) in [5, 5.41) is 30.1. The number of aliphatic carboxylic acids is 1. The highest BCUT2D eigenvalue weighted by atomic mass is 32.2. The zero-order chi connectivity index (χ0) is 20.2. The molecular formula is C16H15NO9S. The topological polar surface area (TPSA) is 153 Å². The van der Waals surface area contributed by atoms with Gasteiger partial charge in [-0.2, -0.15) is 8.42 Å². The summed E-state index contributed by atoms with van der Waals surface area (Å²) in [6, 6.07) is 9.34. The third-order valence-electron chi connectivity index (χ3n) is 3.55. The molecule has 0 heterocycles. The third kappa shape index (κ3) is 4.78. The van der Waals surface area contributed by atoms with Gasteiger partial charge in [0.2, 0.25) is 6.10 Å². The molecule has 2 aromatic rings. The van der Waals surface area contributed by atoms with Gasteiger partial charge in [-0.3, -0.25) is 10.1 Å². The minimum atomic E-state index is -4.60. The fourth-order valence-electron chi connectivity index (χ4n) is 2.13. The van der Waals surface area contributed by atoms with Crippen LogP contribution in [0.1, 0.15) is 11.7 Å². The number of rotatable bonds is 8. The summed E-state index contributed by atoms with van der Waals surface area (Å²) in [4.78, 5) is 20.8. The number of nitro groups is 1. The fourth-order valence-corrected chi connectivity index (χ4v) is 3.17. The van der Waals surface area contributed by atoms with Crippen molar-refractivity contribution in [2.45, 2.75) is 17.1 Å². The van der Waals surface area contributed by atoms with E-state index in [0.29, 0.717) is 5.75 Å². The maximum absolute atomic E-state index is 12.3. The molecule has 0 saturated heterocycles. The quantitative estimate of drug-likeness (QED) is 0.383. The SMILES string of the molecule is COc1ccc([C@@H](O)[C@H](OS(=O)(=O)c2ccc([N+](=O)[O-])cc2)C(=O)O)cc1. The van der Waals surface area contributed by atoms with Gasteiger partial charge in [-0.1, -0.05) is 12.1 Å². The van der Waals surface area contributed by atoms with E-state index in [9.17, 15) is 33.5 Å². The van der Waals surface area contributed by atoms with Crippen molar-refractivity contribution in [2.75, 3.05) is 7.11 Å². The lowest BCUT2D eigenvalue weighted by Gasteiger charge is -2.19. The van der Waals surface area contributed by atoms with Crippen LogP contribution in [0.25, 0.3) is 0 Å². The first-order chi connectivity index (χ1) is 12.7. The van der Waals surface area contributed by atoms with Gasteiger partial charge in [0.1, 0.15) is 11.9 Å². The van der Waals surface area contributed by atoms with Crippen molar-refractivity contribution < 1.29 is 37.3 Å². The van der Waals surface area contributed by atoms with Crippen LogP contribution in [-0.4, -0.2) is 42.7 Å². The average Bonchev–Trinajstić information content (AvgIpc) is 2.65. The van der Waals surface area contributed by atoms with Gasteiger partial charge in [-0.05, 0) is 29.8 Å². The molecule has 11 heteroatoms. The van der Waals surface area contributed by atoms with Crippen LogP contribution in [0.4, 0.5) is 5.69 Å². The molecule has 2 rings (SSSR count). The van der Waals surface area contributed by atoms with Gasteiger partial charge in [-0.15, -0.1) is 0 Å². The first-order valence-corrected chi connectivity index (χ1v) is 8.79. The number of non-ortho nitro benzene ring substituents is 1. The first kappa shape index (κ1) is 20.3. The molecule has 0 aliphatic carbocycles. The molecule has 0 bridgehead atoms. The highest BCUT2D eigenvalue weighted by Gasteiger charge is 2.34. The van der Waals surface area contributed by atoms with Crippen molar-refractivity contribution in [2.24, 2.45) is 0 Å². The number of carboxylic acid groups (broad SMARTS) is 1. The molecule has 27 heavy (non-hydrogen) atoms. The number of nitro benzene ring substituents is 1. The van der Waals surface area contributed by atoms with Crippen LogP contribution in [0.3, 0.4) is 0 Å². The number of carboxylic acids is 1. The summed E-state index contributed by atoms with van der Waals surface area (Å²) in [7, 11) is -3.18. The van der Waals surface area contributed by atoms with Gasteiger partial charge >= 0.3 is 5.97 Å². The largest absolute Gasteiger partial charge is 0.497 e. The summed E-state index contributed by atoms with van der Waals surface area (Å²) in [5.74, 6) is -1.25. The summed E-state index contributed by atoms with van der Waals surface area (Å²) in [6.45, 7) is 0. The summed E-state index contributed by atoms with van der Waals surface area (Å²) < 4.78 is 34.2. The van der Waals surface area contributed by atoms with Crippen LogP contribution >= 0.6 is 0 Å². The van der Waals surface area contributed by atoms with Crippen LogP contribution < -0.4 is 4.74 Å². The molecule has 144 valence electrons. The number of ether oxygens (including phenoxy) is 1. The number of aliphatic hydroxyl groups is 1. The first-order valence-electron chi connectivity index (χ1n) is 7.38. The molecule has 0 spiro atoms. The van der Waals surface area contributed by atoms with Gasteiger partial charge in [0.25, 0.3) is 15.8 Å². The molecule has 0 aliphatic heterocycles. The zero-order valence-corrected chi connectivity index (χ0v) is 14.7. The Balaban J connectivity index is 2.27. The second kappa shape index (κ2) is 8.12. The van der Waals surface area contributed by atoms with Crippen LogP contribution in [0.15, 0.2) is 53.4 Å². The highest BCUT2D eigenvalue weighted by Crippen LogP contribution is 2.26. The molecular weight excluding hydrogens is 382 g/mol. The number of hydrogen-bond acceptors (Lipinski definition) is 8. The number of nitrogens with zero attached hydrogens (tertiary/aromatic N) is 1. The predicted octanol–water partition coefficient (Wildman–Crippen LogP) is 1.50. The smallest absolute Gasteiger partial charge is 0.337 e. The average molecular weight is 397 g/mol. The lowest BCUT2D eigenvalue weighted by molar-refractivity contribution is -0.384. The number of benzene rings is 2. The van der Waals surface area contributed by atoms with Crippen molar-refractivity contribution in [3.8, 4) is 5.75 Å². The number of carbonyl (C=O) groups is 1. The van der Waals surface area contributed by atoms with Crippen molar-refractivity contribution >= 4 is 21.8 Å². The van der Waals surface area contributed by atoms with E-state index >= 15 is 0 Å². The Labute approximate surface area is 153 Å².